The molecule has 0 bridgehead atoms. The molecule has 0 radical (unpaired) electrons. The molecule has 3 fully saturated rings. The van der Waals surface area contributed by atoms with E-state index in [-0.39, 0.29) is 53.4 Å². The summed E-state index contributed by atoms with van der Waals surface area (Å²) in [5, 5.41) is 29.0. The topological polar surface area (TPSA) is 297 Å². The van der Waals surface area contributed by atoms with Crippen molar-refractivity contribution in [3.63, 3.8) is 0 Å². The molecule has 0 aliphatic carbocycles. The highest BCUT2D eigenvalue weighted by Crippen LogP contribution is 2.63. The third kappa shape index (κ3) is 16.3. The summed E-state index contributed by atoms with van der Waals surface area (Å²) in [6.07, 6.45) is -7.54. The third-order valence-electron chi connectivity index (χ3n) is 15.0. The van der Waals surface area contributed by atoms with Crippen LogP contribution in [0.2, 0.25) is 0 Å². The van der Waals surface area contributed by atoms with Gasteiger partial charge in [-0.1, -0.05) is 0 Å². The zero-order valence-corrected chi connectivity index (χ0v) is 49.8. The first-order valence-corrected chi connectivity index (χ1v) is 30.3. The Morgan fingerprint density at radius 2 is 0.716 bits per heavy atom. The van der Waals surface area contributed by atoms with Gasteiger partial charge in [0.15, 0.2) is 0 Å². The van der Waals surface area contributed by atoms with E-state index < -0.39 is 80.5 Å². The first-order valence-electron chi connectivity index (χ1n) is 28.8. The number of carbonyl (C=O) groups is 3. The molecule has 3 atom stereocenters. The van der Waals surface area contributed by atoms with Crippen molar-refractivity contribution in [2.24, 2.45) is 0 Å². The summed E-state index contributed by atoms with van der Waals surface area (Å²) in [5.41, 5.74) is 3.64. The Bertz CT molecular complexity index is 3740. The van der Waals surface area contributed by atoms with Crippen molar-refractivity contribution in [2.75, 3.05) is 69.9 Å². The molecule has 3 aliphatic rings. The highest BCUT2D eigenvalue weighted by molar-refractivity contribution is 7.55. The van der Waals surface area contributed by atoms with Gasteiger partial charge in [-0.3, -0.25) is 29.7 Å². The number of aromatic nitrogens is 9. The van der Waals surface area contributed by atoms with E-state index in [2.05, 4.69) is 60.8 Å². The van der Waals surface area contributed by atoms with E-state index in [9.17, 15) is 58.8 Å². The standard InChI is InChI=1S/C60H51F9N15O10P/c61-58(62,63)89-40-7-1-37(2-8-40)76-55(85)34-25-46(49-13-19-73-79-49)52(70-28-34)82-22-16-43(31-82)92-95(88,93-44-17-23-83(32-44)53-47(50-14-20-74-80-50)26-35(29-71-53)56(86)77-38-3-9-41(10-4-38)90-59(64,65)66)94-45-18-24-84(33-45)54-48(51-15-21-75-81-51)27-36(30-72-54)57(87)78-39-5-11-42(12-6-39)91-60(67,68)69/h1-15,19-21,25-30,43-45,88H,16-18,22-24,31-33H2,(H5-,73,74,75,76,77,78,79,80,81,85,86,87)/p+1/t43-,44-,45-/m1/s1. The highest BCUT2D eigenvalue weighted by Gasteiger charge is 2.55. The van der Waals surface area contributed by atoms with Gasteiger partial charge in [-0.25, -0.2) is 15.0 Å². The van der Waals surface area contributed by atoms with E-state index in [4.69, 9.17) is 28.5 Å². The molecule has 95 heavy (non-hydrogen) atoms. The number of nitrogens with one attached hydrogen (secondary N) is 6. The van der Waals surface area contributed by atoms with Gasteiger partial charge >= 0.3 is 27.3 Å². The molecule has 6 aromatic heterocycles. The van der Waals surface area contributed by atoms with Gasteiger partial charge in [0.25, 0.3) is 17.7 Å². The van der Waals surface area contributed by atoms with Crippen LogP contribution in [0.4, 0.5) is 74.0 Å². The van der Waals surface area contributed by atoms with Crippen LogP contribution < -0.4 is 44.9 Å². The van der Waals surface area contributed by atoms with Crippen LogP contribution in [0.15, 0.2) is 146 Å². The SMILES string of the molecule is O=C(Nc1ccc(OC(F)(F)F)cc1)c1cnc(N2CC[C@@H](O[P+](O)(O[C@@H]3CCN(c4ncc(C(=O)Nc5ccc(OC(F)(F)F)cc5)cc4-c4ccn[nH]4)C3)O[C@@H]3CCN(c4ncc(C(=O)Nc5ccc(OC(F)(F)F)cc5)cc4-c4ccn[nH]4)C3)C2)c(-c2ccn[nH]2)c1. The van der Waals surface area contributed by atoms with E-state index in [1.165, 1.54) is 73.6 Å². The molecule has 12 rings (SSSR count). The van der Waals surface area contributed by atoms with E-state index in [0.717, 1.165) is 36.4 Å². The zero-order valence-electron chi connectivity index (χ0n) is 48.9. The maximum absolute atomic E-state index is 13.6. The van der Waals surface area contributed by atoms with Crippen molar-refractivity contribution in [2.45, 2.75) is 56.7 Å². The minimum atomic E-state index is -4.91. The fraction of sp³-hybridized carbons (Fsp3) is 0.250. The molecule has 3 aromatic carbocycles. The van der Waals surface area contributed by atoms with Crippen LogP contribution in [-0.2, 0) is 13.6 Å². The Morgan fingerprint density at radius 1 is 0.442 bits per heavy atom. The number of alkyl halides is 9. The zero-order chi connectivity index (χ0) is 66.7. The van der Waals surface area contributed by atoms with Crippen LogP contribution in [0.3, 0.4) is 0 Å². The van der Waals surface area contributed by atoms with Crippen LogP contribution in [0.1, 0.15) is 50.3 Å². The summed E-state index contributed by atoms with van der Waals surface area (Å²) >= 11 is 0. The lowest BCUT2D eigenvalue weighted by molar-refractivity contribution is -0.275. The van der Waals surface area contributed by atoms with Crippen LogP contribution in [0.5, 0.6) is 17.2 Å². The fourth-order valence-corrected chi connectivity index (χ4v) is 12.6. The van der Waals surface area contributed by atoms with Crippen molar-refractivity contribution in [3.8, 4) is 51.0 Å². The molecule has 7 N–H and O–H groups in total. The Balaban J connectivity index is 0.779. The van der Waals surface area contributed by atoms with Crippen LogP contribution >= 0.6 is 8.17 Å². The van der Waals surface area contributed by atoms with Gasteiger partial charge in [0.1, 0.15) is 53.0 Å². The minimum absolute atomic E-state index is 0.0947. The summed E-state index contributed by atoms with van der Waals surface area (Å²) in [5.74, 6) is -2.09. The van der Waals surface area contributed by atoms with Gasteiger partial charge in [-0.05, 0) is 128 Å². The van der Waals surface area contributed by atoms with Gasteiger partial charge in [0.05, 0.1) is 53.4 Å². The Morgan fingerprint density at radius 3 is 0.958 bits per heavy atom. The highest BCUT2D eigenvalue weighted by atomic mass is 31.2. The lowest BCUT2D eigenvalue weighted by Crippen LogP contribution is -2.30. The largest absolute Gasteiger partial charge is 0.573 e. The second-order valence-electron chi connectivity index (χ2n) is 21.6. The molecule has 9 aromatic rings. The number of H-pyrrole nitrogens is 3. The summed E-state index contributed by atoms with van der Waals surface area (Å²) in [6, 6.07) is 23.6. The van der Waals surface area contributed by atoms with Gasteiger partial charge in [-0.2, -0.15) is 20.2 Å². The molecule has 3 amide bonds. The number of nitrogens with zero attached hydrogens (tertiary/aromatic N) is 9. The van der Waals surface area contributed by atoms with Gasteiger partial charge in [-0.15, -0.1) is 53.1 Å². The third-order valence-corrected chi connectivity index (χ3v) is 16.7. The van der Waals surface area contributed by atoms with Crippen molar-refractivity contribution < 1.29 is 86.6 Å². The number of pyridine rings is 3. The van der Waals surface area contributed by atoms with E-state index in [1.54, 1.807) is 36.4 Å². The van der Waals surface area contributed by atoms with Crippen molar-refractivity contribution in [1.82, 2.24) is 45.5 Å². The molecule has 25 nitrogen and oxygen atoms in total. The lowest BCUT2D eigenvalue weighted by Gasteiger charge is -2.25. The monoisotopic (exact) mass is 1340 g/mol. The van der Waals surface area contributed by atoms with Gasteiger partial charge in [0.2, 0.25) is 0 Å². The average molecular weight is 1350 g/mol. The Labute approximate surface area is 531 Å². The molecular weight excluding hydrogens is 1290 g/mol. The molecule has 0 saturated carbocycles. The Kier molecular flexibility index (Phi) is 18.3. The summed E-state index contributed by atoms with van der Waals surface area (Å²) in [6.45, 7) is 1.34. The first-order chi connectivity index (χ1) is 45.4. The van der Waals surface area contributed by atoms with Gasteiger partial charge in [0, 0.05) is 90.6 Å². The molecule has 0 spiro atoms. The average Bonchev–Trinajstić information content (AvgIpc) is 1.79. The predicted molar refractivity (Wildman–Crippen MR) is 323 cm³/mol. The number of aromatic amines is 3. The molecule has 3 saturated heterocycles. The minimum Gasteiger partial charge on any atom is -0.406 e. The van der Waals surface area contributed by atoms with E-state index in [1.807, 2.05) is 14.7 Å². The predicted octanol–water partition coefficient (Wildman–Crippen LogP) is 11.4. The van der Waals surface area contributed by atoms with Crippen LogP contribution in [0, 0.1) is 0 Å². The molecular formula is C60H52F9N15O10P+. The first kappa shape index (κ1) is 64.7. The second kappa shape index (κ2) is 26.9. The second-order valence-corrected chi connectivity index (χ2v) is 23.2. The number of anilines is 6. The van der Waals surface area contributed by atoms with Gasteiger partial charge < -0.3 is 44.9 Å². The number of rotatable bonds is 21. The molecule has 0 unspecified atom stereocenters. The number of hydrogen-bond donors (Lipinski definition) is 7. The number of hydrogen-bond acceptors (Lipinski definition) is 19. The molecule has 3 aliphatic heterocycles. The fourth-order valence-electron chi connectivity index (χ4n) is 10.8. The van der Waals surface area contributed by atoms with E-state index >= 15 is 0 Å². The summed E-state index contributed by atoms with van der Waals surface area (Å²) < 4.78 is 147. The van der Waals surface area contributed by atoms with Crippen molar-refractivity contribution in [1.29, 1.82) is 0 Å². The summed E-state index contributed by atoms with van der Waals surface area (Å²) in [4.78, 5) is 73.5. The van der Waals surface area contributed by atoms with Crippen LogP contribution in [0.25, 0.3) is 33.8 Å². The normalized spacial score (nSPS) is 16.9. The maximum atomic E-state index is 13.6. The van der Waals surface area contributed by atoms with E-state index in [0.29, 0.717) is 90.1 Å². The smallest absolute Gasteiger partial charge is 0.406 e. The number of amides is 3. The van der Waals surface area contributed by atoms with Crippen molar-refractivity contribution in [3.05, 3.63) is 163 Å². The lowest BCUT2D eigenvalue weighted by atomic mass is 10.1. The quantitative estimate of drug-likeness (QED) is 0.0260. The van der Waals surface area contributed by atoms with Crippen LogP contribution in [-0.4, -0.2) is 145 Å². The molecule has 9 heterocycles. The summed E-state index contributed by atoms with van der Waals surface area (Å²) in [7, 11) is -4.39. The number of carbonyl (C=O) groups excluding carboxylic acids is 3. The Hall–Kier alpha value is -10.4. The van der Waals surface area contributed by atoms with Crippen molar-refractivity contribution >= 4 is 60.4 Å². The molecule has 35 heteroatoms. The molecule has 494 valence electrons. The number of ether oxygens (including phenoxy) is 3. The maximum Gasteiger partial charge on any atom is 0.573 e. The number of halogens is 9. The number of benzene rings is 3.